The van der Waals surface area contributed by atoms with Gasteiger partial charge >= 0.3 is 0 Å². The minimum atomic E-state index is 0.643. The molecule has 4 fully saturated rings. The van der Waals surface area contributed by atoms with Gasteiger partial charge in [0.2, 0.25) is 0 Å². The molecule has 84 valence electrons. The molecule has 0 N–H and O–H groups in total. The molecule has 3 saturated carbocycles. The fourth-order valence-corrected chi connectivity index (χ4v) is 4.92. The smallest absolute Gasteiger partial charge is 0.0596 e. The van der Waals surface area contributed by atoms with Crippen LogP contribution in [-0.2, 0) is 4.74 Å². The van der Waals surface area contributed by atoms with Gasteiger partial charge in [0.1, 0.15) is 0 Å². The van der Waals surface area contributed by atoms with Crippen LogP contribution < -0.4 is 0 Å². The molecule has 1 saturated heterocycles. The van der Waals surface area contributed by atoms with Crippen molar-refractivity contribution in [3.8, 4) is 0 Å². The van der Waals surface area contributed by atoms with E-state index in [2.05, 4.69) is 11.8 Å². The van der Waals surface area contributed by atoms with Crippen LogP contribution in [0.4, 0.5) is 0 Å². The molecule has 5 atom stereocenters. The number of thioether (sulfide) groups is 1. The van der Waals surface area contributed by atoms with Crippen molar-refractivity contribution in [2.75, 3.05) is 12.4 Å². The summed E-state index contributed by atoms with van der Waals surface area (Å²) < 4.78 is 6.07. The van der Waals surface area contributed by atoms with Gasteiger partial charge < -0.3 is 4.74 Å². The summed E-state index contributed by atoms with van der Waals surface area (Å²) in [5.41, 5.74) is 0. The molecular weight excluding hydrogens is 204 g/mol. The fourth-order valence-electron chi connectivity index (χ4n) is 4.51. The minimum Gasteiger partial charge on any atom is -0.377 e. The first-order valence-electron chi connectivity index (χ1n) is 6.63. The van der Waals surface area contributed by atoms with Gasteiger partial charge in [0, 0.05) is 11.0 Å². The molecule has 1 aliphatic heterocycles. The molecule has 0 radical (unpaired) electrons. The number of fused-ring (bicyclic) bond motifs is 5. The Morgan fingerprint density at radius 3 is 2.27 bits per heavy atom. The quantitative estimate of drug-likeness (QED) is 0.682. The van der Waals surface area contributed by atoms with Gasteiger partial charge in [0.25, 0.3) is 0 Å². The van der Waals surface area contributed by atoms with E-state index in [1.54, 1.807) is 6.42 Å². The summed E-state index contributed by atoms with van der Waals surface area (Å²) in [6, 6.07) is 0. The predicted octanol–water partition coefficient (Wildman–Crippen LogP) is 2.94. The summed E-state index contributed by atoms with van der Waals surface area (Å²) in [7, 11) is 0. The van der Waals surface area contributed by atoms with E-state index in [4.69, 9.17) is 4.74 Å². The lowest BCUT2D eigenvalue weighted by molar-refractivity contribution is 0.0559. The summed E-state index contributed by atoms with van der Waals surface area (Å²) in [6.45, 7) is 1.05. The van der Waals surface area contributed by atoms with Crippen LogP contribution >= 0.6 is 11.8 Å². The highest BCUT2D eigenvalue weighted by Crippen LogP contribution is 2.59. The summed E-state index contributed by atoms with van der Waals surface area (Å²) in [6.07, 6.45) is 8.10. The Labute approximate surface area is 96.3 Å². The van der Waals surface area contributed by atoms with E-state index in [0.717, 1.165) is 35.5 Å². The monoisotopic (exact) mass is 224 g/mol. The van der Waals surface area contributed by atoms with Crippen LogP contribution in [0.2, 0.25) is 0 Å². The van der Waals surface area contributed by atoms with Crippen molar-refractivity contribution >= 4 is 11.8 Å². The van der Waals surface area contributed by atoms with Gasteiger partial charge in [-0.15, -0.1) is 0 Å². The first-order valence-corrected chi connectivity index (χ1v) is 7.68. The normalized spacial score (nSPS) is 56.0. The lowest BCUT2D eigenvalue weighted by Crippen LogP contribution is -2.15. The van der Waals surface area contributed by atoms with Crippen LogP contribution in [-0.4, -0.2) is 23.7 Å². The van der Waals surface area contributed by atoms with Crippen molar-refractivity contribution in [1.29, 1.82) is 0 Å². The van der Waals surface area contributed by atoms with E-state index in [1.165, 1.54) is 31.4 Å². The highest BCUT2D eigenvalue weighted by Gasteiger charge is 2.52. The van der Waals surface area contributed by atoms with E-state index in [1.807, 2.05) is 0 Å². The Morgan fingerprint density at radius 2 is 1.67 bits per heavy atom. The molecule has 15 heavy (non-hydrogen) atoms. The van der Waals surface area contributed by atoms with Gasteiger partial charge in [-0.1, -0.05) is 0 Å². The third kappa shape index (κ3) is 1.56. The maximum Gasteiger partial charge on any atom is 0.0596 e. The fraction of sp³-hybridized carbons (Fsp3) is 1.00. The number of ether oxygens (including phenoxy) is 1. The SMILES string of the molecule is C(OC1CC2C3CCC(C3)C2C1)C1CS1. The molecule has 1 nitrogen and oxygen atoms in total. The van der Waals surface area contributed by atoms with Crippen molar-refractivity contribution in [1.82, 2.24) is 0 Å². The standard InChI is InChI=1S/C13H20OS/c1-2-9-3-8(1)12-4-10(5-13(9)12)14-6-11-7-15-11/h8-13H,1-7H2. The Morgan fingerprint density at radius 1 is 1.00 bits per heavy atom. The Bertz CT molecular complexity index is 245. The lowest BCUT2D eigenvalue weighted by atomic mass is 9.82. The summed E-state index contributed by atoms with van der Waals surface area (Å²) in [5.74, 6) is 5.69. The maximum atomic E-state index is 6.07. The van der Waals surface area contributed by atoms with Gasteiger partial charge in [0.15, 0.2) is 0 Å². The molecule has 0 aromatic carbocycles. The Kier molecular flexibility index (Phi) is 2.12. The van der Waals surface area contributed by atoms with Gasteiger partial charge in [-0.2, -0.15) is 11.8 Å². The second-order valence-electron chi connectivity index (χ2n) is 6.04. The zero-order valence-electron chi connectivity index (χ0n) is 9.23. The molecule has 2 heteroatoms. The first-order chi connectivity index (χ1) is 7.40. The molecule has 1 heterocycles. The van der Waals surface area contributed by atoms with Crippen molar-refractivity contribution in [2.45, 2.75) is 43.5 Å². The topological polar surface area (TPSA) is 9.23 Å². The predicted molar refractivity (Wildman–Crippen MR) is 63.0 cm³/mol. The zero-order chi connectivity index (χ0) is 9.83. The number of hydrogen-bond acceptors (Lipinski definition) is 2. The molecule has 4 rings (SSSR count). The van der Waals surface area contributed by atoms with Gasteiger partial charge in [-0.05, 0) is 55.8 Å². The highest BCUT2D eigenvalue weighted by atomic mass is 32.2. The summed E-state index contributed by atoms with van der Waals surface area (Å²) in [4.78, 5) is 0. The molecule has 0 aromatic rings. The molecular formula is C13H20OS. The van der Waals surface area contributed by atoms with Crippen LogP contribution in [0, 0.1) is 23.7 Å². The molecule has 0 amide bonds. The van der Waals surface area contributed by atoms with Crippen LogP contribution in [0.1, 0.15) is 32.1 Å². The van der Waals surface area contributed by atoms with Crippen molar-refractivity contribution in [2.24, 2.45) is 23.7 Å². The van der Waals surface area contributed by atoms with Crippen LogP contribution in [0.3, 0.4) is 0 Å². The summed E-state index contributed by atoms with van der Waals surface area (Å²) >= 11 is 2.06. The molecule has 4 aliphatic rings. The third-order valence-corrected chi connectivity index (χ3v) is 6.21. The van der Waals surface area contributed by atoms with Crippen molar-refractivity contribution in [3.63, 3.8) is 0 Å². The van der Waals surface area contributed by atoms with E-state index in [-0.39, 0.29) is 0 Å². The van der Waals surface area contributed by atoms with Gasteiger partial charge in [-0.3, -0.25) is 0 Å². The van der Waals surface area contributed by atoms with E-state index in [0.29, 0.717) is 6.10 Å². The van der Waals surface area contributed by atoms with E-state index in [9.17, 15) is 0 Å². The lowest BCUT2D eigenvalue weighted by Gasteiger charge is -2.23. The number of rotatable bonds is 3. The first kappa shape index (κ1) is 9.35. The maximum absolute atomic E-state index is 6.07. The van der Waals surface area contributed by atoms with Crippen LogP contribution in [0.15, 0.2) is 0 Å². The van der Waals surface area contributed by atoms with E-state index < -0.39 is 0 Å². The second-order valence-corrected chi connectivity index (χ2v) is 7.38. The minimum absolute atomic E-state index is 0.643. The zero-order valence-corrected chi connectivity index (χ0v) is 10.0. The van der Waals surface area contributed by atoms with Crippen molar-refractivity contribution in [3.05, 3.63) is 0 Å². The Balaban J connectivity index is 1.37. The average Bonchev–Trinajstić information content (AvgIpc) is 2.72. The van der Waals surface area contributed by atoms with Crippen LogP contribution in [0.25, 0.3) is 0 Å². The van der Waals surface area contributed by atoms with E-state index >= 15 is 0 Å². The molecule has 5 unspecified atom stereocenters. The number of hydrogen-bond donors (Lipinski definition) is 0. The summed E-state index contributed by atoms with van der Waals surface area (Å²) in [5, 5.41) is 0.863. The molecule has 0 aromatic heterocycles. The Hall–Kier alpha value is 0.310. The van der Waals surface area contributed by atoms with Gasteiger partial charge in [-0.25, -0.2) is 0 Å². The largest absolute Gasteiger partial charge is 0.377 e. The van der Waals surface area contributed by atoms with Gasteiger partial charge in [0.05, 0.1) is 12.7 Å². The highest BCUT2D eigenvalue weighted by molar-refractivity contribution is 8.06. The third-order valence-electron chi connectivity index (χ3n) is 5.26. The molecule has 3 aliphatic carbocycles. The van der Waals surface area contributed by atoms with Crippen molar-refractivity contribution < 1.29 is 4.74 Å². The average molecular weight is 224 g/mol. The van der Waals surface area contributed by atoms with Crippen LogP contribution in [0.5, 0.6) is 0 Å². The molecule has 2 bridgehead atoms. The molecule has 0 spiro atoms. The second kappa shape index (κ2) is 3.40.